The van der Waals surface area contributed by atoms with Crippen LogP contribution in [0.5, 0.6) is 0 Å². The van der Waals surface area contributed by atoms with Crippen LogP contribution in [0.25, 0.3) is 0 Å². The van der Waals surface area contributed by atoms with Gasteiger partial charge in [-0.25, -0.2) is 0 Å². The molecule has 0 saturated carbocycles. The van der Waals surface area contributed by atoms with Gasteiger partial charge in [0.2, 0.25) is 0 Å². The Labute approximate surface area is 74.8 Å². The molecule has 0 saturated heterocycles. The standard InChI is InChI=1S/C9H13NOS/c1-12(11)9-6-10-8-5-3-2-4-7(8)9/h6,10H,2-5H2,1H3. The van der Waals surface area contributed by atoms with Crippen molar-refractivity contribution in [1.82, 2.24) is 4.98 Å². The minimum absolute atomic E-state index is 0.819. The van der Waals surface area contributed by atoms with Crippen LogP contribution in [0.2, 0.25) is 0 Å². The van der Waals surface area contributed by atoms with E-state index >= 15 is 0 Å². The van der Waals surface area contributed by atoms with E-state index in [9.17, 15) is 4.21 Å². The van der Waals surface area contributed by atoms with E-state index in [1.165, 1.54) is 24.1 Å². The fourth-order valence-electron chi connectivity index (χ4n) is 1.83. The highest BCUT2D eigenvalue weighted by molar-refractivity contribution is 7.84. The number of H-pyrrole nitrogens is 1. The van der Waals surface area contributed by atoms with Gasteiger partial charge < -0.3 is 4.98 Å². The van der Waals surface area contributed by atoms with Crippen molar-refractivity contribution in [3.63, 3.8) is 0 Å². The van der Waals surface area contributed by atoms with Crippen molar-refractivity contribution in [3.05, 3.63) is 17.5 Å². The summed E-state index contributed by atoms with van der Waals surface area (Å²) in [6.45, 7) is 0. The van der Waals surface area contributed by atoms with Crippen LogP contribution in [0.15, 0.2) is 11.1 Å². The predicted octanol–water partition coefficient (Wildman–Crippen LogP) is 1.63. The van der Waals surface area contributed by atoms with E-state index in [0.717, 1.165) is 17.7 Å². The molecule has 0 aromatic carbocycles. The molecule has 1 aliphatic rings. The zero-order valence-corrected chi connectivity index (χ0v) is 8.04. The van der Waals surface area contributed by atoms with Gasteiger partial charge in [-0.3, -0.25) is 4.21 Å². The topological polar surface area (TPSA) is 32.9 Å². The number of hydrogen-bond donors (Lipinski definition) is 1. The first-order valence-electron chi connectivity index (χ1n) is 4.31. The lowest BCUT2D eigenvalue weighted by molar-refractivity contribution is 0.665. The maximum atomic E-state index is 11.3. The molecule has 0 aliphatic heterocycles. The summed E-state index contributed by atoms with van der Waals surface area (Å²) < 4.78 is 11.3. The Morgan fingerprint density at radius 1 is 1.42 bits per heavy atom. The Morgan fingerprint density at radius 3 is 2.92 bits per heavy atom. The molecule has 1 aromatic heterocycles. The molecule has 1 aromatic rings. The second-order valence-electron chi connectivity index (χ2n) is 3.27. The van der Waals surface area contributed by atoms with E-state index in [-0.39, 0.29) is 0 Å². The van der Waals surface area contributed by atoms with Crippen molar-refractivity contribution < 1.29 is 4.21 Å². The SMILES string of the molecule is CS(=O)c1c[nH]c2c1CCCC2. The number of aryl methyl sites for hydroxylation is 1. The number of aromatic nitrogens is 1. The quantitative estimate of drug-likeness (QED) is 0.705. The van der Waals surface area contributed by atoms with Crippen molar-refractivity contribution in [1.29, 1.82) is 0 Å². The van der Waals surface area contributed by atoms with Gasteiger partial charge in [0.25, 0.3) is 0 Å². The molecule has 12 heavy (non-hydrogen) atoms. The van der Waals surface area contributed by atoms with E-state index in [1.807, 2.05) is 6.20 Å². The Hall–Kier alpha value is -0.570. The third-order valence-corrected chi connectivity index (χ3v) is 3.44. The van der Waals surface area contributed by atoms with Gasteiger partial charge in [0.1, 0.15) is 0 Å². The van der Waals surface area contributed by atoms with Crippen molar-refractivity contribution in [2.24, 2.45) is 0 Å². The largest absolute Gasteiger partial charge is 0.364 e. The molecule has 0 fully saturated rings. The molecule has 1 aliphatic carbocycles. The molecule has 3 heteroatoms. The normalized spacial score (nSPS) is 18.8. The number of fused-ring (bicyclic) bond motifs is 1. The highest BCUT2D eigenvalue weighted by Gasteiger charge is 2.16. The fraction of sp³-hybridized carbons (Fsp3) is 0.556. The van der Waals surface area contributed by atoms with Crippen LogP contribution in [0.4, 0.5) is 0 Å². The molecule has 0 bridgehead atoms. The summed E-state index contributed by atoms with van der Waals surface area (Å²) in [5, 5.41) is 0. The van der Waals surface area contributed by atoms with Crippen LogP contribution in [0.3, 0.4) is 0 Å². The maximum Gasteiger partial charge on any atom is 0.0594 e. The number of nitrogens with one attached hydrogen (secondary N) is 1. The maximum absolute atomic E-state index is 11.3. The summed E-state index contributed by atoms with van der Waals surface area (Å²) in [6.07, 6.45) is 8.41. The molecule has 2 rings (SSSR count). The first kappa shape index (κ1) is 8.05. The first-order chi connectivity index (χ1) is 5.79. The first-order valence-corrected chi connectivity index (χ1v) is 5.87. The van der Waals surface area contributed by atoms with Crippen LogP contribution in [0.1, 0.15) is 24.1 Å². The van der Waals surface area contributed by atoms with Crippen molar-refractivity contribution in [2.45, 2.75) is 30.6 Å². The zero-order chi connectivity index (χ0) is 8.55. The molecule has 1 N–H and O–H groups in total. The van der Waals surface area contributed by atoms with E-state index < -0.39 is 10.8 Å². The monoisotopic (exact) mass is 183 g/mol. The molecule has 66 valence electrons. The van der Waals surface area contributed by atoms with E-state index in [0.29, 0.717) is 0 Å². The van der Waals surface area contributed by atoms with E-state index in [2.05, 4.69) is 4.98 Å². The molecule has 1 heterocycles. The summed E-state index contributed by atoms with van der Waals surface area (Å²) in [4.78, 5) is 4.23. The molecule has 0 amide bonds. The Balaban J connectivity index is 2.44. The number of aromatic amines is 1. The average molecular weight is 183 g/mol. The highest BCUT2D eigenvalue weighted by Crippen LogP contribution is 2.25. The van der Waals surface area contributed by atoms with Crippen molar-refractivity contribution in [2.75, 3.05) is 6.26 Å². The molecule has 2 nitrogen and oxygen atoms in total. The van der Waals surface area contributed by atoms with E-state index in [1.54, 1.807) is 6.26 Å². The van der Waals surface area contributed by atoms with Gasteiger partial charge in [0.15, 0.2) is 0 Å². The molecule has 0 radical (unpaired) electrons. The second kappa shape index (κ2) is 3.05. The van der Waals surface area contributed by atoms with Gasteiger partial charge in [-0.2, -0.15) is 0 Å². The van der Waals surface area contributed by atoms with Crippen LogP contribution in [-0.4, -0.2) is 15.4 Å². The van der Waals surface area contributed by atoms with Crippen molar-refractivity contribution >= 4 is 10.8 Å². The van der Waals surface area contributed by atoms with E-state index in [4.69, 9.17) is 0 Å². The van der Waals surface area contributed by atoms with Crippen LogP contribution in [-0.2, 0) is 23.6 Å². The molecule has 1 unspecified atom stereocenters. The summed E-state index contributed by atoms with van der Waals surface area (Å²) in [5.74, 6) is 0. The van der Waals surface area contributed by atoms with Gasteiger partial charge in [-0.05, 0) is 31.2 Å². The van der Waals surface area contributed by atoms with Gasteiger partial charge in [0.05, 0.1) is 15.7 Å². The summed E-state index contributed by atoms with van der Waals surface area (Å²) in [6, 6.07) is 0. The smallest absolute Gasteiger partial charge is 0.0594 e. The summed E-state index contributed by atoms with van der Waals surface area (Å²) >= 11 is 0. The third-order valence-electron chi connectivity index (χ3n) is 2.45. The minimum atomic E-state index is -0.819. The highest BCUT2D eigenvalue weighted by atomic mass is 32.2. The molecule has 0 spiro atoms. The Morgan fingerprint density at radius 2 is 2.17 bits per heavy atom. The Bertz CT molecular complexity index is 316. The zero-order valence-electron chi connectivity index (χ0n) is 7.22. The van der Waals surface area contributed by atoms with Crippen LogP contribution >= 0.6 is 0 Å². The second-order valence-corrected chi connectivity index (χ2v) is 4.62. The molecular formula is C9H13NOS. The average Bonchev–Trinajstić information content (AvgIpc) is 2.47. The Kier molecular flexibility index (Phi) is 2.05. The third kappa shape index (κ3) is 1.22. The lowest BCUT2D eigenvalue weighted by Gasteiger charge is -2.11. The molecular weight excluding hydrogens is 170 g/mol. The van der Waals surface area contributed by atoms with Gasteiger partial charge in [-0.15, -0.1) is 0 Å². The number of hydrogen-bond acceptors (Lipinski definition) is 1. The summed E-state index contributed by atoms with van der Waals surface area (Å²) in [5.41, 5.74) is 2.63. The van der Waals surface area contributed by atoms with Crippen LogP contribution in [0, 0.1) is 0 Å². The van der Waals surface area contributed by atoms with Crippen LogP contribution < -0.4 is 0 Å². The molecule has 1 atom stereocenters. The lowest BCUT2D eigenvalue weighted by Crippen LogP contribution is -2.02. The minimum Gasteiger partial charge on any atom is -0.364 e. The van der Waals surface area contributed by atoms with Gasteiger partial charge in [-0.1, -0.05) is 0 Å². The number of rotatable bonds is 1. The van der Waals surface area contributed by atoms with Gasteiger partial charge >= 0.3 is 0 Å². The lowest BCUT2D eigenvalue weighted by atomic mass is 9.98. The van der Waals surface area contributed by atoms with Crippen molar-refractivity contribution in [3.8, 4) is 0 Å². The summed E-state index contributed by atoms with van der Waals surface area (Å²) in [7, 11) is -0.819. The van der Waals surface area contributed by atoms with Gasteiger partial charge in [0, 0.05) is 18.1 Å². The fourth-order valence-corrected chi connectivity index (χ4v) is 2.63. The predicted molar refractivity (Wildman–Crippen MR) is 49.8 cm³/mol.